The zero-order valence-electron chi connectivity index (χ0n) is 10.8. The van der Waals surface area contributed by atoms with E-state index in [4.69, 9.17) is 21.4 Å². The van der Waals surface area contributed by atoms with Gasteiger partial charge in [0.15, 0.2) is 0 Å². The van der Waals surface area contributed by atoms with E-state index >= 15 is 0 Å². The molecule has 0 aromatic heterocycles. The summed E-state index contributed by atoms with van der Waals surface area (Å²) in [6.07, 6.45) is 2.61. The highest BCUT2D eigenvalue weighted by atomic mass is 35.5. The van der Waals surface area contributed by atoms with E-state index < -0.39 is 5.97 Å². The molecule has 0 radical (unpaired) electrons. The SMILES string of the molecule is Cc1ccc(/C=C/C(=O)O)cc1Oc1cccc(Cl)c1. The smallest absolute Gasteiger partial charge is 0.328 e. The van der Waals surface area contributed by atoms with E-state index in [1.165, 1.54) is 6.08 Å². The van der Waals surface area contributed by atoms with E-state index in [0.717, 1.165) is 17.2 Å². The predicted octanol–water partition coefficient (Wildman–Crippen LogP) is 4.54. The molecule has 0 unspecified atom stereocenters. The Kier molecular flexibility index (Phi) is 4.43. The lowest BCUT2D eigenvalue weighted by molar-refractivity contribution is -0.131. The maximum Gasteiger partial charge on any atom is 0.328 e. The molecular weight excluding hydrogens is 276 g/mol. The van der Waals surface area contributed by atoms with Crippen LogP contribution in [0.1, 0.15) is 11.1 Å². The van der Waals surface area contributed by atoms with E-state index in [1.807, 2.05) is 25.1 Å². The zero-order chi connectivity index (χ0) is 14.5. The number of benzene rings is 2. The van der Waals surface area contributed by atoms with Crippen molar-refractivity contribution >= 4 is 23.6 Å². The molecule has 2 aromatic rings. The molecule has 0 amide bonds. The number of rotatable bonds is 4. The van der Waals surface area contributed by atoms with Crippen molar-refractivity contribution in [1.29, 1.82) is 0 Å². The molecule has 0 aliphatic rings. The minimum absolute atomic E-state index is 0.599. The van der Waals surface area contributed by atoms with Gasteiger partial charge >= 0.3 is 5.97 Å². The van der Waals surface area contributed by atoms with Gasteiger partial charge in [-0.3, -0.25) is 0 Å². The second-order valence-electron chi connectivity index (χ2n) is 4.26. The van der Waals surface area contributed by atoms with Gasteiger partial charge in [-0.15, -0.1) is 0 Å². The van der Waals surface area contributed by atoms with Crippen molar-refractivity contribution in [1.82, 2.24) is 0 Å². The minimum atomic E-state index is -0.983. The van der Waals surface area contributed by atoms with Crippen molar-refractivity contribution in [3.8, 4) is 11.5 Å². The maximum atomic E-state index is 10.5. The highest BCUT2D eigenvalue weighted by Crippen LogP contribution is 2.28. The summed E-state index contributed by atoms with van der Waals surface area (Å²) in [6, 6.07) is 12.6. The van der Waals surface area contributed by atoms with E-state index in [2.05, 4.69) is 0 Å². The van der Waals surface area contributed by atoms with Crippen molar-refractivity contribution in [3.63, 3.8) is 0 Å². The molecule has 3 nitrogen and oxygen atoms in total. The van der Waals surface area contributed by atoms with Crippen molar-refractivity contribution in [2.75, 3.05) is 0 Å². The summed E-state index contributed by atoms with van der Waals surface area (Å²) >= 11 is 5.91. The van der Waals surface area contributed by atoms with Gasteiger partial charge < -0.3 is 9.84 Å². The summed E-state index contributed by atoms with van der Waals surface area (Å²) in [7, 11) is 0. The number of aryl methyl sites for hydroxylation is 1. The largest absolute Gasteiger partial charge is 0.478 e. The Bertz CT molecular complexity index is 663. The van der Waals surface area contributed by atoms with Crippen LogP contribution in [-0.4, -0.2) is 11.1 Å². The van der Waals surface area contributed by atoms with Gasteiger partial charge in [0.2, 0.25) is 0 Å². The molecule has 2 aromatic carbocycles. The average molecular weight is 289 g/mol. The first-order chi connectivity index (χ1) is 9.54. The first-order valence-electron chi connectivity index (χ1n) is 6.00. The van der Waals surface area contributed by atoms with Crippen LogP contribution in [0.25, 0.3) is 6.08 Å². The molecule has 2 rings (SSSR count). The number of hydrogen-bond donors (Lipinski definition) is 1. The fourth-order valence-corrected chi connectivity index (χ4v) is 1.84. The Morgan fingerprint density at radius 1 is 1.25 bits per heavy atom. The Morgan fingerprint density at radius 3 is 2.75 bits per heavy atom. The van der Waals surface area contributed by atoms with Crippen LogP contribution in [0.15, 0.2) is 48.5 Å². The monoisotopic (exact) mass is 288 g/mol. The van der Waals surface area contributed by atoms with Crippen LogP contribution in [-0.2, 0) is 4.79 Å². The molecule has 0 fully saturated rings. The van der Waals surface area contributed by atoms with Gasteiger partial charge in [0.1, 0.15) is 11.5 Å². The summed E-state index contributed by atoms with van der Waals surface area (Å²) in [6.45, 7) is 1.92. The minimum Gasteiger partial charge on any atom is -0.478 e. The summed E-state index contributed by atoms with van der Waals surface area (Å²) in [5.41, 5.74) is 1.72. The van der Waals surface area contributed by atoms with Crippen LogP contribution >= 0.6 is 11.6 Å². The average Bonchev–Trinajstić information content (AvgIpc) is 2.39. The summed E-state index contributed by atoms with van der Waals surface area (Å²) in [5, 5.41) is 9.23. The van der Waals surface area contributed by atoms with E-state index in [1.54, 1.807) is 24.3 Å². The van der Waals surface area contributed by atoms with Gasteiger partial charge in [-0.2, -0.15) is 0 Å². The third-order valence-corrected chi connectivity index (χ3v) is 2.89. The lowest BCUT2D eigenvalue weighted by Gasteiger charge is -2.09. The van der Waals surface area contributed by atoms with E-state index in [9.17, 15) is 4.79 Å². The number of aliphatic carboxylic acids is 1. The Morgan fingerprint density at radius 2 is 2.05 bits per heavy atom. The first-order valence-corrected chi connectivity index (χ1v) is 6.37. The van der Waals surface area contributed by atoms with Crippen LogP contribution in [0.3, 0.4) is 0 Å². The number of carboxylic acids is 1. The lowest BCUT2D eigenvalue weighted by Crippen LogP contribution is -1.89. The molecule has 0 bridgehead atoms. The lowest BCUT2D eigenvalue weighted by atomic mass is 10.1. The molecule has 0 saturated carbocycles. The quantitative estimate of drug-likeness (QED) is 0.840. The van der Waals surface area contributed by atoms with Crippen LogP contribution in [0.2, 0.25) is 5.02 Å². The summed E-state index contributed by atoms with van der Waals surface area (Å²) in [4.78, 5) is 10.5. The Labute approximate surface area is 122 Å². The molecule has 0 aliphatic heterocycles. The predicted molar refractivity (Wildman–Crippen MR) is 79.4 cm³/mol. The first kappa shape index (κ1) is 14.2. The van der Waals surface area contributed by atoms with Crippen molar-refractivity contribution < 1.29 is 14.6 Å². The molecule has 20 heavy (non-hydrogen) atoms. The normalized spacial score (nSPS) is 10.7. The number of carboxylic acid groups (broad SMARTS) is 1. The Hall–Kier alpha value is -2.26. The standard InChI is InChI=1S/C16H13ClO3/c1-11-5-6-12(7-8-16(18)19)9-15(11)20-14-4-2-3-13(17)10-14/h2-10H,1H3,(H,18,19)/b8-7+. The molecule has 0 aliphatic carbocycles. The van der Waals surface area contributed by atoms with Crippen LogP contribution < -0.4 is 4.74 Å². The second-order valence-corrected chi connectivity index (χ2v) is 4.69. The third kappa shape index (κ3) is 3.87. The number of halogens is 1. The highest BCUT2D eigenvalue weighted by Gasteiger charge is 2.03. The molecule has 102 valence electrons. The number of carbonyl (C=O) groups is 1. The van der Waals surface area contributed by atoms with Gasteiger partial charge in [-0.25, -0.2) is 4.79 Å². The second kappa shape index (κ2) is 6.26. The van der Waals surface area contributed by atoms with Crippen molar-refractivity contribution in [2.24, 2.45) is 0 Å². The zero-order valence-corrected chi connectivity index (χ0v) is 11.6. The fourth-order valence-electron chi connectivity index (χ4n) is 1.66. The van der Waals surface area contributed by atoms with Gasteiger partial charge in [0, 0.05) is 11.1 Å². The molecule has 0 heterocycles. The van der Waals surface area contributed by atoms with Gasteiger partial charge in [-0.05, 0) is 48.4 Å². The van der Waals surface area contributed by atoms with E-state index in [0.29, 0.717) is 16.5 Å². The molecular formula is C16H13ClO3. The summed E-state index contributed by atoms with van der Waals surface area (Å²) < 4.78 is 5.77. The molecule has 0 spiro atoms. The van der Waals surface area contributed by atoms with Gasteiger partial charge in [0.05, 0.1) is 0 Å². The number of hydrogen-bond acceptors (Lipinski definition) is 2. The molecule has 1 N–H and O–H groups in total. The van der Waals surface area contributed by atoms with Gasteiger partial charge in [-0.1, -0.05) is 29.8 Å². The Balaban J connectivity index is 2.27. The highest BCUT2D eigenvalue weighted by molar-refractivity contribution is 6.30. The summed E-state index contributed by atoms with van der Waals surface area (Å²) in [5.74, 6) is 0.322. The fraction of sp³-hybridized carbons (Fsp3) is 0.0625. The van der Waals surface area contributed by atoms with Crippen LogP contribution in [0.4, 0.5) is 0 Å². The van der Waals surface area contributed by atoms with Crippen molar-refractivity contribution in [2.45, 2.75) is 6.92 Å². The van der Waals surface area contributed by atoms with Crippen molar-refractivity contribution in [3.05, 3.63) is 64.7 Å². The van der Waals surface area contributed by atoms with E-state index in [-0.39, 0.29) is 0 Å². The molecule has 4 heteroatoms. The number of ether oxygens (including phenoxy) is 1. The maximum absolute atomic E-state index is 10.5. The third-order valence-electron chi connectivity index (χ3n) is 2.65. The molecule has 0 saturated heterocycles. The van der Waals surface area contributed by atoms with Crippen LogP contribution in [0, 0.1) is 6.92 Å². The topological polar surface area (TPSA) is 46.5 Å². The molecule has 0 atom stereocenters. The van der Waals surface area contributed by atoms with Gasteiger partial charge in [0.25, 0.3) is 0 Å². The van der Waals surface area contributed by atoms with Crippen LogP contribution in [0.5, 0.6) is 11.5 Å².